The minimum Gasteiger partial charge on any atom is -0.304 e. The van der Waals surface area contributed by atoms with E-state index in [0.717, 1.165) is 35.5 Å². The van der Waals surface area contributed by atoms with Crippen molar-refractivity contribution in [3.63, 3.8) is 0 Å². The summed E-state index contributed by atoms with van der Waals surface area (Å²) < 4.78 is 15.4. The topological polar surface area (TPSA) is 23.6 Å². The van der Waals surface area contributed by atoms with Crippen LogP contribution >= 0.6 is 15.9 Å². The molecule has 1 heterocycles. The molecule has 1 aromatic carbocycles. The third-order valence-corrected chi connectivity index (χ3v) is 5.39. The molecule has 0 spiro atoms. The van der Waals surface area contributed by atoms with E-state index < -0.39 is 11.0 Å². The second-order valence-corrected chi connectivity index (χ2v) is 6.73. The van der Waals surface area contributed by atoms with Gasteiger partial charge in [-0.25, -0.2) is 8.51 Å². The summed E-state index contributed by atoms with van der Waals surface area (Å²) >= 11 is 3.49. The molecule has 2 rings (SSSR count). The molecule has 0 N–H and O–H groups in total. The number of rotatable bonds is 2. The van der Waals surface area contributed by atoms with Gasteiger partial charge < -0.3 is 4.90 Å². The Hall–Kier alpha value is -0.230. The van der Waals surface area contributed by atoms with E-state index in [4.69, 9.17) is 0 Å². The SMILES string of the molecule is Cc1ccc(S(=O)N2CCN(C)CC2)cc1Br. The molecule has 94 valence electrons. The number of nitrogens with zero attached hydrogens (tertiary/aromatic N) is 2. The normalized spacial score (nSPS) is 20.4. The zero-order valence-electron chi connectivity index (χ0n) is 10.1. The van der Waals surface area contributed by atoms with Crippen molar-refractivity contribution in [1.82, 2.24) is 9.21 Å². The van der Waals surface area contributed by atoms with E-state index in [1.165, 1.54) is 5.56 Å². The molecule has 1 fully saturated rings. The summed E-state index contributed by atoms with van der Waals surface area (Å²) in [4.78, 5) is 3.14. The van der Waals surface area contributed by atoms with Gasteiger partial charge in [0, 0.05) is 30.7 Å². The number of likely N-dealkylation sites (N-methyl/N-ethyl adjacent to an activating group) is 1. The molecule has 0 radical (unpaired) electrons. The molecule has 0 bridgehead atoms. The second-order valence-electron chi connectivity index (χ2n) is 4.39. The van der Waals surface area contributed by atoms with Gasteiger partial charge in [0.2, 0.25) is 0 Å². The van der Waals surface area contributed by atoms with Gasteiger partial charge in [0.1, 0.15) is 11.0 Å². The predicted molar refractivity (Wildman–Crippen MR) is 74.4 cm³/mol. The highest BCUT2D eigenvalue weighted by Gasteiger charge is 2.20. The molecule has 1 aliphatic rings. The Balaban J connectivity index is 2.11. The van der Waals surface area contributed by atoms with E-state index in [9.17, 15) is 4.21 Å². The van der Waals surface area contributed by atoms with E-state index in [2.05, 4.69) is 27.9 Å². The molecule has 1 aromatic rings. The summed E-state index contributed by atoms with van der Waals surface area (Å²) in [5.41, 5.74) is 1.17. The highest BCUT2D eigenvalue weighted by molar-refractivity contribution is 9.10. The third kappa shape index (κ3) is 3.16. The number of hydrogen-bond donors (Lipinski definition) is 0. The van der Waals surface area contributed by atoms with Crippen molar-refractivity contribution in [2.24, 2.45) is 0 Å². The van der Waals surface area contributed by atoms with E-state index in [1.807, 2.05) is 29.4 Å². The maximum atomic E-state index is 12.4. The van der Waals surface area contributed by atoms with E-state index in [1.54, 1.807) is 0 Å². The first-order valence-electron chi connectivity index (χ1n) is 5.69. The summed E-state index contributed by atoms with van der Waals surface area (Å²) in [7, 11) is 1.07. The van der Waals surface area contributed by atoms with Gasteiger partial charge >= 0.3 is 0 Å². The van der Waals surface area contributed by atoms with Gasteiger partial charge in [-0.05, 0) is 31.7 Å². The van der Waals surface area contributed by atoms with Crippen LogP contribution in [-0.2, 0) is 11.0 Å². The Labute approximate surface area is 114 Å². The van der Waals surface area contributed by atoms with E-state index >= 15 is 0 Å². The molecule has 1 saturated heterocycles. The van der Waals surface area contributed by atoms with Crippen LogP contribution in [0.2, 0.25) is 0 Å². The first kappa shape index (κ1) is 13.2. The predicted octanol–water partition coefficient (Wildman–Crippen LogP) is 2.03. The van der Waals surface area contributed by atoms with Crippen LogP contribution < -0.4 is 0 Å². The van der Waals surface area contributed by atoms with Crippen LogP contribution in [0.3, 0.4) is 0 Å². The van der Waals surface area contributed by atoms with Crippen molar-refractivity contribution in [2.45, 2.75) is 11.8 Å². The summed E-state index contributed by atoms with van der Waals surface area (Å²) in [5.74, 6) is 0. The summed E-state index contributed by atoms with van der Waals surface area (Å²) in [6.07, 6.45) is 0. The first-order chi connectivity index (χ1) is 8.08. The molecule has 3 nitrogen and oxygen atoms in total. The van der Waals surface area contributed by atoms with Crippen molar-refractivity contribution in [3.05, 3.63) is 28.2 Å². The van der Waals surface area contributed by atoms with Gasteiger partial charge in [-0.15, -0.1) is 0 Å². The van der Waals surface area contributed by atoms with Gasteiger partial charge in [0.25, 0.3) is 0 Å². The highest BCUT2D eigenvalue weighted by Crippen LogP contribution is 2.21. The number of aryl methyl sites for hydroxylation is 1. The molecule has 0 aromatic heterocycles. The maximum absolute atomic E-state index is 12.4. The van der Waals surface area contributed by atoms with Gasteiger partial charge in [-0.2, -0.15) is 0 Å². The quantitative estimate of drug-likeness (QED) is 0.833. The fourth-order valence-corrected chi connectivity index (χ4v) is 3.51. The van der Waals surface area contributed by atoms with Gasteiger partial charge in [0.15, 0.2) is 0 Å². The Bertz CT molecular complexity index is 431. The Morgan fingerprint density at radius 2 is 1.88 bits per heavy atom. The van der Waals surface area contributed by atoms with Crippen molar-refractivity contribution < 1.29 is 4.21 Å². The molecule has 0 saturated carbocycles. The van der Waals surface area contributed by atoms with Crippen LogP contribution in [0.1, 0.15) is 5.56 Å². The molecular weight excluding hydrogens is 300 g/mol. The molecule has 1 aliphatic heterocycles. The lowest BCUT2D eigenvalue weighted by Crippen LogP contribution is -2.45. The van der Waals surface area contributed by atoms with Crippen molar-refractivity contribution in [3.8, 4) is 0 Å². The van der Waals surface area contributed by atoms with E-state index in [-0.39, 0.29) is 0 Å². The lowest BCUT2D eigenvalue weighted by atomic mass is 10.2. The van der Waals surface area contributed by atoms with Gasteiger partial charge in [0.05, 0.1) is 4.90 Å². The zero-order valence-corrected chi connectivity index (χ0v) is 12.6. The monoisotopic (exact) mass is 316 g/mol. The van der Waals surface area contributed by atoms with Gasteiger partial charge in [-0.3, -0.25) is 0 Å². The number of benzene rings is 1. The molecule has 1 atom stereocenters. The number of piperazine rings is 1. The van der Waals surface area contributed by atoms with Crippen LogP contribution in [-0.4, -0.2) is 46.6 Å². The Morgan fingerprint density at radius 1 is 1.24 bits per heavy atom. The molecule has 1 unspecified atom stereocenters. The lowest BCUT2D eigenvalue weighted by Gasteiger charge is -2.31. The van der Waals surface area contributed by atoms with Crippen LogP contribution in [0.15, 0.2) is 27.6 Å². The van der Waals surface area contributed by atoms with Crippen molar-refractivity contribution in [1.29, 1.82) is 0 Å². The van der Waals surface area contributed by atoms with Crippen molar-refractivity contribution >= 4 is 26.9 Å². The minimum absolute atomic E-state index is 0.870. The fourth-order valence-electron chi connectivity index (χ4n) is 1.79. The second kappa shape index (κ2) is 5.61. The summed E-state index contributed by atoms with van der Waals surface area (Å²) in [6.45, 7) is 5.74. The molecular formula is C12H17BrN2OS. The average Bonchev–Trinajstić information content (AvgIpc) is 2.33. The molecule has 0 aliphatic carbocycles. The standard InChI is InChI=1S/C12H17BrN2OS/c1-10-3-4-11(9-12(10)13)17(16)15-7-5-14(2)6-8-15/h3-4,9H,5-8H2,1-2H3. The van der Waals surface area contributed by atoms with Crippen LogP contribution in [0.5, 0.6) is 0 Å². The van der Waals surface area contributed by atoms with Crippen molar-refractivity contribution in [2.75, 3.05) is 33.2 Å². The highest BCUT2D eigenvalue weighted by atomic mass is 79.9. The molecule has 17 heavy (non-hydrogen) atoms. The third-order valence-electron chi connectivity index (χ3n) is 3.04. The van der Waals surface area contributed by atoms with Crippen LogP contribution in [0.4, 0.5) is 0 Å². The molecule has 0 amide bonds. The molecule has 5 heteroatoms. The maximum Gasteiger partial charge on any atom is 0.127 e. The number of halogens is 1. The van der Waals surface area contributed by atoms with Crippen LogP contribution in [0, 0.1) is 6.92 Å². The van der Waals surface area contributed by atoms with Gasteiger partial charge in [-0.1, -0.05) is 22.0 Å². The first-order valence-corrected chi connectivity index (χ1v) is 7.59. The smallest absolute Gasteiger partial charge is 0.127 e. The number of hydrogen-bond acceptors (Lipinski definition) is 2. The van der Waals surface area contributed by atoms with Crippen LogP contribution in [0.25, 0.3) is 0 Å². The lowest BCUT2D eigenvalue weighted by molar-refractivity contribution is 0.228. The minimum atomic E-state index is -1.03. The Morgan fingerprint density at radius 3 is 2.47 bits per heavy atom. The summed E-state index contributed by atoms with van der Waals surface area (Å²) in [6, 6.07) is 5.92. The van der Waals surface area contributed by atoms with E-state index in [0.29, 0.717) is 0 Å². The summed E-state index contributed by atoms with van der Waals surface area (Å²) in [5, 5.41) is 0. The average molecular weight is 317 g/mol. The Kier molecular flexibility index (Phi) is 4.36. The zero-order chi connectivity index (χ0) is 12.4. The fraction of sp³-hybridized carbons (Fsp3) is 0.500. The largest absolute Gasteiger partial charge is 0.304 e.